The molecule has 0 radical (unpaired) electrons. The lowest BCUT2D eigenvalue weighted by molar-refractivity contribution is 0.150. The van der Waals surface area contributed by atoms with E-state index >= 15 is 0 Å². The highest BCUT2D eigenvalue weighted by molar-refractivity contribution is 7.14. The van der Waals surface area contributed by atoms with Crippen LogP contribution in [0.25, 0.3) is 10.7 Å². The van der Waals surface area contributed by atoms with Crippen LogP contribution in [0.5, 0.6) is 0 Å². The van der Waals surface area contributed by atoms with Gasteiger partial charge in [-0.3, -0.25) is 9.78 Å². The Morgan fingerprint density at radius 2 is 1.84 bits per heavy atom. The van der Waals surface area contributed by atoms with Gasteiger partial charge in [0.2, 0.25) is 0 Å². The first-order valence-electron chi connectivity index (χ1n) is 10.8. The molecule has 0 aliphatic heterocycles. The van der Waals surface area contributed by atoms with E-state index in [1.165, 1.54) is 11.1 Å². The van der Waals surface area contributed by atoms with Crippen LogP contribution in [0.1, 0.15) is 85.0 Å². The first-order valence-corrected chi connectivity index (χ1v) is 11.6. The lowest BCUT2D eigenvalue weighted by Crippen LogP contribution is -2.30. The normalized spacial score (nSPS) is 17.4. The molecule has 3 aromatic rings. The SMILES string of the molecule is O=c1c(C2CCCCC2)cc(-c2nnc(C(F)F)s2)nn1Cc1ncccc1C1CC1. The Morgan fingerprint density at radius 1 is 1.06 bits per heavy atom. The van der Waals surface area contributed by atoms with Crippen LogP contribution in [0.15, 0.2) is 29.2 Å². The summed E-state index contributed by atoms with van der Waals surface area (Å²) in [6.45, 7) is 0.263. The molecule has 5 rings (SSSR count). The topological polar surface area (TPSA) is 73.6 Å². The van der Waals surface area contributed by atoms with Crippen LogP contribution in [0.3, 0.4) is 0 Å². The Kier molecular flexibility index (Phi) is 5.60. The second-order valence-electron chi connectivity index (χ2n) is 8.34. The van der Waals surface area contributed by atoms with Crippen LogP contribution in [-0.4, -0.2) is 25.0 Å². The molecule has 0 spiro atoms. The average Bonchev–Trinajstić information content (AvgIpc) is 3.51. The summed E-state index contributed by atoms with van der Waals surface area (Å²) < 4.78 is 27.5. The van der Waals surface area contributed by atoms with Gasteiger partial charge in [0.15, 0.2) is 10.0 Å². The second-order valence-corrected chi connectivity index (χ2v) is 9.35. The van der Waals surface area contributed by atoms with Gasteiger partial charge in [-0.1, -0.05) is 36.7 Å². The first-order chi connectivity index (χ1) is 15.1. The van der Waals surface area contributed by atoms with Gasteiger partial charge in [0.25, 0.3) is 12.0 Å². The maximum Gasteiger partial charge on any atom is 0.291 e. The lowest BCUT2D eigenvalue weighted by Gasteiger charge is -2.22. The van der Waals surface area contributed by atoms with Crippen molar-refractivity contribution < 1.29 is 8.78 Å². The molecule has 3 heterocycles. The van der Waals surface area contributed by atoms with E-state index in [1.54, 1.807) is 12.3 Å². The van der Waals surface area contributed by atoms with E-state index in [0.717, 1.165) is 61.1 Å². The number of alkyl halides is 2. The maximum absolute atomic E-state index is 13.4. The predicted octanol–water partition coefficient (Wildman–Crippen LogP) is 5.07. The van der Waals surface area contributed by atoms with Crippen LogP contribution >= 0.6 is 11.3 Å². The van der Waals surface area contributed by atoms with E-state index in [0.29, 0.717) is 22.2 Å². The minimum absolute atomic E-state index is 0.123. The summed E-state index contributed by atoms with van der Waals surface area (Å²) in [5, 5.41) is 12.0. The van der Waals surface area contributed by atoms with Crippen molar-refractivity contribution in [3.63, 3.8) is 0 Å². The third kappa shape index (κ3) is 4.28. The van der Waals surface area contributed by atoms with Gasteiger partial charge in [-0.05, 0) is 55.2 Å². The van der Waals surface area contributed by atoms with E-state index in [2.05, 4.69) is 26.3 Å². The Bertz CT molecular complexity index is 1130. The number of rotatable bonds is 6. The van der Waals surface area contributed by atoms with E-state index in [1.807, 2.05) is 6.07 Å². The minimum atomic E-state index is -2.68. The zero-order chi connectivity index (χ0) is 21.4. The number of hydrogen-bond acceptors (Lipinski definition) is 6. The summed E-state index contributed by atoms with van der Waals surface area (Å²) in [6, 6.07) is 5.73. The summed E-state index contributed by atoms with van der Waals surface area (Å²) in [5.41, 5.74) is 3.01. The summed E-state index contributed by atoms with van der Waals surface area (Å²) >= 11 is 0.823. The Hall–Kier alpha value is -2.55. The summed E-state index contributed by atoms with van der Waals surface area (Å²) in [7, 11) is 0. The van der Waals surface area contributed by atoms with Gasteiger partial charge in [-0.15, -0.1) is 10.2 Å². The summed E-state index contributed by atoms with van der Waals surface area (Å²) in [4.78, 5) is 17.9. The van der Waals surface area contributed by atoms with Crippen LogP contribution in [0.2, 0.25) is 0 Å². The molecule has 162 valence electrons. The van der Waals surface area contributed by atoms with Gasteiger partial charge >= 0.3 is 0 Å². The molecule has 2 aliphatic carbocycles. The van der Waals surface area contributed by atoms with Crippen molar-refractivity contribution in [1.29, 1.82) is 0 Å². The molecule has 0 atom stereocenters. The van der Waals surface area contributed by atoms with E-state index < -0.39 is 6.43 Å². The van der Waals surface area contributed by atoms with E-state index in [4.69, 9.17) is 0 Å². The number of nitrogens with zero attached hydrogens (tertiary/aromatic N) is 5. The number of pyridine rings is 1. The fourth-order valence-electron chi connectivity index (χ4n) is 4.40. The van der Waals surface area contributed by atoms with Crippen LogP contribution < -0.4 is 5.56 Å². The molecule has 6 nitrogen and oxygen atoms in total. The molecule has 3 aromatic heterocycles. The average molecular weight is 444 g/mol. The highest BCUT2D eigenvalue weighted by atomic mass is 32.1. The zero-order valence-corrected chi connectivity index (χ0v) is 17.8. The van der Waals surface area contributed by atoms with Crippen LogP contribution in [0.4, 0.5) is 8.78 Å². The van der Waals surface area contributed by atoms with Crippen molar-refractivity contribution >= 4 is 11.3 Å². The molecule has 2 aliphatic rings. The molecular weight excluding hydrogens is 420 g/mol. The highest BCUT2D eigenvalue weighted by Crippen LogP contribution is 2.41. The third-order valence-electron chi connectivity index (χ3n) is 6.14. The minimum Gasteiger partial charge on any atom is -0.267 e. The molecule has 0 N–H and O–H groups in total. The van der Waals surface area contributed by atoms with Gasteiger partial charge in [0.1, 0.15) is 5.69 Å². The van der Waals surface area contributed by atoms with Gasteiger partial charge in [-0.25, -0.2) is 13.5 Å². The number of aromatic nitrogens is 5. The van der Waals surface area contributed by atoms with Crippen LogP contribution in [-0.2, 0) is 6.54 Å². The first kappa shape index (κ1) is 20.4. The summed E-state index contributed by atoms with van der Waals surface area (Å²) in [5.74, 6) is 0.653. The molecule has 0 saturated heterocycles. The van der Waals surface area contributed by atoms with Crippen molar-refractivity contribution in [3.8, 4) is 10.7 Å². The molecular formula is C22H23F2N5OS. The van der Waals surface area contributed by atoms with Crippen molar-refractivity contribution in [3.05, 3.63) is 56.6 Å². The van der Waals surface area contributed by atoms with Gasteiger partial charge < -0.3 is 0 Å². The summed E-state index contributed by atoms with van der Waals surface area (Å²) in [6.07, 6.45) is 6.58. The molecule has 0 bridgehead atoms. The van der Waals surface area contributed by atoms with Gasteiger partial charge in [0, 0.05) is 11.8 Å². The Balaban J connectivity index is 1.58. The van der Waals surface area contributed by atoms with E-state index in [9.17, 15) is 13.6 Å². The molecule has 2 saturated carbocycles. The molecule has 31 heavy (non-hydrogen) atoms. The molecule has 0 amide bonds. The lowest BCUT2D eigenvalue weighted by atomic mass is 9.84. The standard InChI is InChI=1S/C22H23F2N5OS/c23-19(24)21-27-26-20(31-21)17-11-16(13-5-2-1-3-6-13)22(30)29(28-17)12-18-15(14-8-9-14)7-4-10-25-18/h4,7,10-11,13-14,19H,1-3,5-6,8-9,12H2. The molecule has 0 unspecified atom stereocenters. The monoisotopic (exact) mass is 443 g/mol. The fraction of sp³-hybridized carbons (Fsp3) is 0.500. The Labute approximate surface area is 182 Å². The van der Waals surface area contributed by atoms with Crippen molar-refractivity contribution in [2.24, 2.45) is 0 Å². The molecule has 2 fully saturated rings. The Morgan fingerprint density at radius 3 is 2.55 bits per heavy atom. The largest absolute Gasteiger partial charge is 0.291 e. The number of hydrogen-bond donors (Lipinski definition) is 0. The second kappa shape index (κ2) is 8.53. The van der Waals surface area contributed by atoms with Crippen molar-refractivity contribution in [2.75, 3.05) is 0 Å². The predicted molar refractivity (Wildman–Crippen MR) is 113 cm³/mol. The van der Waals surface area contributed by atoms with E-state index in [-0.39, 0.29) is 23.0 Å². The smallest absolute Gasteiger partial charge is 0.267 e. The quantitative estimate of drug-likeness (QED) is 0.532. The van der Waals surface area contributed by atoms with Crippen LogP contribution in [0, 0.1) is 0 Å². The van der Waals surface area contributed by atoms with Gasteiger partial charge in [0.05, 0.1) is 12.2 Å². The third-order valence-corrected chi connectivity index (χ3v) is 7.09. The van der Waals surface area contributed by atoms with Crippen molar-refractivity contribution in [1.82, 2.24) is 25.0 Å². The number of halogens is 2. The zero-order valence-electron chi connectivity index (χ0n) is 17.0. The van der Waals surface area contributed by atoms with Gasteiger partial charge in [-0.2, -0.15) is 5.10 Å². The van der Waals surface area contributed by atoms with Crippen molar-refractivity contribution in [2.45, 2.75) is 69.8 Å². The fourth-order valence-corrected chi connectivity index (χ4v) is 5.05. The molecule has 0 aromatic carbocycles. The maximum atomic E-state index is 13.4. The molecule has 9 heteroatoms. The highest BCUT2D eigenvalue weighted by Gasteiger charge is 2.28.